The molecule has 2 N–H and O–H groups in total. The number of nitrogens with zero attached hydrogens (tertiary/aromatic N) is 1. The van der Waals surface area contributed by atoms with E-state index in [1.807, 2.05) is 4.90 Å². The molecule has 1 aliphatic rings. The van der Waals surface area contributed by atoms with Gasteiger partial charge in [0.05, 0.1) is 18.2 Å². The number of morpholine rings is 1. The number of phenols is 1. The summed E-state index contributed by atoms with van der Waals surface area (Å²) in [6.07, 6.45) is 0.446. The molecule has 0 aliphatic carbocycles. The first-order chi connectivity index (χ1) is 9.68. The van der Waals surface area contributed by atoms with Crippen molar-refractivity contribution in [3.05, 3.63) is 28.8 Å². The zero-order chi connectivity index (χ0) is 14.4. The van der Waals surface area contributed by atoms with Crippen LogP contribution >= 0.6 is 11.6 Å². The van der Waals surface area contributed by atoms with Crippen molar-refractivity contribution in [3.8, 4) is 5.75 Å². The number of hydrogen-bond donors (Lipinski definition) is 2. The number of para-hydroxylation sites is 1. The van der Waals surface area contributed by atoms with E-state index in [0.717, 1.165) is 5.56 Å². The number of rotatable bonds is 5. The third kappa shape index (κ3) is 4.10. The Morgan fingerprint density at radius 3 is 2.90 bits per heavy atom. The van der Waals surface area contributed by atoms with E-state index in [1.165, 1.54) is 0 Å². The second-order valence-corrected chi connectivity index (χ2v) is 5.07. The van der Waals surface area contributed by atoms with E-state index in [0.29, 0.717) is 50.8 Å². The topological polar surface area (TPSA) is 61.8 Å². The number of benzene rings is 1. The number of ether oxygens (including phenoxy) is 1. The summed E-state index contributed by atoms with van der Waals surface area (Å²) in [6.45, 7) is 3.65. The maximum Gasteiger partial charge on any atom is 0.224 e. The molecule has 20 heavy (non-hydrogen) atoms. The molecule has 1 aliphatic heterocycles. The van der Waals surface area contributed by atoms with Crippen LogP contribution < -0.4 is 5.32 Å². The fraction of sp³-hybridized carbons (Fsp3) is 0.500. The molecule has 1 saturated heterocycles. The van der Waals surface area contributed by atoms with Crippen LogP contribution in [0.15, 0.2) is 18.2 Å². The molecule has 1 aromatic carbocycles. The zero-order valence-electron chi connectivity index (χ0n) is 11.3. The van der Waals surface area contributed by atoms with Gasteiger partial charge in [0.25, 0.3) is 0 Å². The van der Waals surface area contributed by atoms with Gasteiger partial charge in [0.2, 0.25) is 5.91 Å². The van der Waals surface area contributed by atoms with Gasteiger partial charge in [0, 0.05) is 38.2 Å². The maximum atomic E-state index is 11.9. The van der Waals surface area contributed by atoms with Crippen LogP contribution in [-0.2, 0) is 16.1 Å². The smallest absolute Gasteiger partial charge is 0.224 e. The summed E-state index contributed by atoms with van der Waals surface area (Å²) in [4.78, 5) is 13.7. The van der Waals surface area contributed by atoms with Crippen molar-refractivity contribution in [3.63, 3.8) is 0 Å². The molecule has 0 saturated carbocycles. The minimum Gasteiger partial charge on any atom is -0.506 e. The largest absolute Gasteiger partial charge is 0.506 e. The normalized spacial score (nSPS) is 15.3. The third-order valence-corrected chi connectivity index (χ3v) is 3.57. The minimum atomic E-state index is 0.0983. The summed E-state index contributed by atoms with van der Waals surface area (Å²) < 4.78 is 5.21. The lowest BCUT2D eigenvalue weighted by atomic mass is 10.2. The van der Waals surface area contributed by atoms with Gasteiger partial charge < -0.3 is 20.1 Å². The fourth-order valence-corrected chi connectivity index (χ4v) is 2.29. The van der Waals surface area contributed by atoms with Crippen molar-refractivity contribution < 1.29 is 14.6 Å². The molecule has 0 atom stereocenters. The lowest BCUT2D eigenvalue weighted by Gasteiger charge is -2.26. The number of aromatic hydroxyl groups is 1. The van der Waals surface area contributed by atoms with Crippen molar-refractivity contribution >= 4 is 17.5 Å². The van der Waals surface area contributed by atoms with Crippen LogP contribution in [0, 0.1) is 0 Å². The average molecular weight is 299 g/mol. The Bertz CT molecular complexity index is 462. The number of hydrogen-bond acceptors (Lipinski definition) is 4. The summed E-state index contributed by atoms with van der Waals surface area (Å²) in [6, 6.07) is 5.23. The van der Waals surface area contributed by atoms with E-state index in [-0.39, 0.29) is 11.7 Å². The van der Waals surface area contributed by atoms with Crippen molar-refractivity contribution in [2.75, 3.05) is 32.8 Å². The van der Waals surface area contributed by atoms with Gasteiger partial charge >= 0.3 is 0 Å². The van der Waals surface area contributed by atoms with Crippen molar-refractivity contribution in [2.45, 2.75) is 13.0 Å². The van der Waals surface area contributed by atoms with Gasteiger partial charge in [-0.15, -0.1) is 0 Å². The van der Waals surface area contributed by atoms with Gasteiger partial charge in [-0.1, -0.05) is 23.7 Å². The molecule has 0 unspecified atom stereocenters. The summed E-state index contributed by atoms with van der Waals surface area (Å²) >= 11 is 5.83. The first-order valence-electron chi connectivity index (χ1n) is 6.71. The van der Waals surface area contributed by atoms with Crippen LogP contribution in [0.1, 0.15) is 12.0 Å². The minimum absolute atomic E-state index is 0.0983. The number of carbonyl (C=O) groups excluding carboxylic acids is 1. The molecule has 1 heterocycles. The molecule has 1 fully saturated rings. The molecule has 0 radical (unpaired) electrons. The second-order valence-electron chi connectivity index (χ2n) is 4.67. The fourth-order valence-electron chi connectivity index (χ4n) is 2.09. The number of phenolic OH excluding ortho intramolecular Hbond substituents is 1. The van der Waals surface area contributed by atoms with Crippen LogP contribution in [0.25, 0.3) is 0 Å². The van der Waals surface area contributed by atoms with E-state index >= 15 is 0 Å². The van der Waals surface area contributed by atoms with Gasteiger partial charge in [-0.3, -0.25) is 4.79 Å². The van der Waals surface area contributed by atoms with Gasteiger partial charge in [-0.25, -0.2) is 0 Å². The Labute approximate surface area is 123 Å². The van der Waals surface area contributed by atoms with Gasteiger partial charge in [0.15, 0.2) is 0 Å². The standard InChI is InChI=1S/C14H19ClN2O3/c15-12-3-1-2-11(14(12)19)10-16-5-4-13(18)17-6-8-20-9-7-17/h1-3,16,19H,4-10H2. The van der Waals surface area contributed by atoms with Crippen LogP contribution in [0.2, 0.25) is 5.02 Å². The van der Waals surface area contributed by atoms with Crippen LogP contribution in [0.5, 0.6) is 5.75 Å². The Morgan fingerprint density at radius 1 is 1.40 bits per heavy atom. The zero-order valence-corrected chi connectivity index (χ0v) is 12.0. The molecule has 2 rings (SSSR count). The molecule has 5 nitrogen and oxygen atoms in total. The predicted octanol–water partition coefficient (Wildman–Crippen LogP) is 1.38. The summed E-state index contributed by atoms with van der Waals surface area (Å²) in [5.74, 6) is 0.234. The van der Waals surface area contributed by atoms with Crippen molar-refractivity contribution in [1.82, 2.24) is 10.2 Å². The van der Waals surface area contributed by atoms with E-state index in [4.69, 9.17) is 16.3 Å². The Balaban J connectivity index is 1.70. The molecule has 0 aromatic heterocycles. The molecule has 6 heteroatoms. The molecular formula is C14H19ClN2O3. The highest BCUT2D eigenvalue weighted by atomic mass is 35.5. The Kier molecular flexibility index (Phi) is 5.64. The van der Waals surface area contributed by atoms with Gasteiger partial charge in [-0.05, 0) is 6.07 Å². The monoisotopic (exact) mass is 298 g/mol. The number of carbonyl (C=O) groups is 1. The summed E-state index contributed by atoms with van der Waals surface area (Å²) in [5, 5.41) is 13.2. The lowest BCUT2D eigenvalue weighted by Crippen LogP contribution is -2.41. The molecule has 1 amide bonds. The molecular weight excluding hydrogens is 280 g/mol. The lowest BCUT2D eigenvalue weighted by molar-refractivity contribution is -0.135. The predicted molar refractivity (Wildman–Crippen MR) is 76.8 cm³/mol. The highest BCUT2D eigenvalue weighted by Gasteiger charge is 2.15. The van der Waals surface area contributed by atoms with Gasteiger partial charge in [-0.2, -0.15) is 0 Å². The van der Waals surface area contributed by atoms with Crippen LogP contribution in [0.4, 0.5) is 0 Å². The van der Waals surface area contributed by atoms with Crippen molar-refractivity contribution in [1.29, 1.82) is 0 Å². The first kappa shape index (κ1) is 15.1. The Hall–Kier alpha value is -1.30. The van der Waals surface area contributed by atoms with Gasteiger partial charge in [0.1, 0.15) is 5.75 Å². The van der Waals surface area contributed by atoms with E-state index in [1.54, 1.807) is 18.2 Å². The number of halogens is 1. The summed E-state index contributed by atoms with van der Waals surface area (Å²) in [5.41, 5.74) is 0.733. The van der Waals surface area contributed by atoms with E-state index < -0.39 is 0 Å². The molecule has 110 valence electrons. The first-order valence-corrected chi connectivity index (χ1v) is 7.09. The second kappa shape index (κ2) is 7.47. The molecule has 1 aromatic rings. The maximum absolute atomic E-state index is 11.9. The average Bonchev–Trinajstić information content (AvgIpc) is 2.48. The SMILES string of the molecule is O=C(CCNCc1cccc(Cl)c1O)N1CCOCC1. The number of amides is 1. The highest BCUT2D eigenvalue weighted by Crippen LogP contribution is 2.26. The summed E-state index contributed by atoms with van der Waals surface area (Å²) in [7, 11) is 0. The number of nitrogens with one attached hydrogen (secondary N) is 1. The van der Waals surface area contributed by atoms with Crippen LogP contribution in [-0.4, -0.2) is 48.8 Å². The van der Waals surface area contributed by atoms with Crippen LogP contribution in [0.3, 0.4) is 0 Å². The quantitative estimate of drug-likeness (QED) is 0.806. The third-order valence-electron chi connectivity index (χ3n) is 3.27. The van der Waals surface area contributed by atoms with E-state index in [9.17, 15) is 9.90 Å². The molecule has 0 spiro atoms. The van der Waals surface area contributed by atoms with E-state index in [2.05, 4.69) is 5.32 Å². The highest BCUT2D eigenvalue weighted by molar-refractivity contribution is 6.32. The Morgan fingerprint density at radius 2 is 2.15 bits per heavy atom. The van der Waals surface area contributed by atoms with Crippen molar-refractivity contribution in [2.24, 2.45) is 0 Å². The molecule has 0 bridgehead atoms.